The summed E-state index contributed by atoms with van der Waals surface area (Å²) in [6.45, 7) is 7.16. The van der Waals surface area contributed by atoms with E-state index in [1.165, 1.54) is 12.0 Å². The molecule has 5 nitrogen and oxygen atoms in total. The van der Waals surface area contributed by atoms with Crippen molar-refractivity contribution in [2.75, 3.05) is 46.3 Å². The molecule has 0 bridgehead atoms. The Morgan fingerprint density at radius 2 is 2.13 bits per heavy atom. The normalized spacial score (nSPS) is 23.1. The zero-order valence-corrected chi connectivity index (χ0v) is 14.1. The standard InChI is InChI=1S/C18H28N4O/c1-21-8-10-22(11-9-21)14-15-4-2-5-16(12-15)18(23)20-13-17-6-3-7-19-17/h2,4-5,12,17,19H,3,6-11,13-14H2,1H3,(H,20,23). The highest BCUT2D eigenvalue weighted by molar-refractivity contribution is 5.94. The van der Waals surface area contributed by atoms with Crippen LogP contribution in [0.1, 0.15) is 28.8 Å². The summed E-state index contributed by atoms with van der Waals surface area (Å²) in [6.07, 6.45) is 2.37. The molecule has 1 atom stereocenters. The summed E-state index contributed by atoms with van der Waals surface area (Å²) in [5.74, 6) is 0.0407. The molecule has 1 unspecified atom stereocenters. The number of rotatable bonds is 5. The van der Waals surface area contributed by atoms with Gasteiger partial charge in [-0.05, 0) is 44.1 Å². The number of likely N-dealkylation sites (N-methyl/N-ethyl adjacent to an activating group) is 1. The van der Waals surface area contributed by atoms with Crippen LogP contribution in [-0.4, -0.2) is 68.1 Å². The maximum atomic E-state index is 12.3. The molecule has 2 aliphatic rings. The average Bonchev–Trinajstić information content (AvgIpc) is 3.08. The van der Waals surface area contributed by atoms with Gasteiger partial charge in [-0.1, -0.05) is 12.1 Å². The molecule has 5 heteroatoms. The minimum Gasteiger partial charge on any atom is -0.350 e. The van der Waals surface area contributed by atoms with E-state index in [1.54, 1.807) is 0 Å². The summed E-state index contributed by atoms with van der Waals surface area (Å²) < 4.78 is 0. The molecule has 0 spiro atoms. The second-order valence-corrected chi connectivity index (χ2v) is 6.78. The molecule has 0 saturated carbocycles. The van der Waals surface area contributed by atoms with E-state index in [9.17, 15) is 4.79 Å². The van der Waals surface area contributed by atoms with Crippen LogP contribution in [0.5, 0.6) is 0 Å². The first-order valence-corrected chi connectivity index (χ1v) is 8.72. The molecule has 2 aliphatic heterocycles. The first kappa shape index (κ1) is 16.4. The molecule has 0 radical (unpaired) electrons. The predicted molar refractivity (Wildman–Crippen MR) is 92.6 cm³/mol. The maximum Gasteiger partial charge on any atom is 0.251 e. The highest BCUT2D eigenvalue weighted by atomic mass is 16.1. The van der Waals surface area contributed by atoms with E-state index in [1.807, 2.05) is 18.2 Å². The van der Waals surface area contributed by atoms with E-state index < -0.39 is 0 Å². The lowest BCUT2D eigenvalue weighted by atomic mass is 10.1. The first-order valence-electron chi connectivity index (χ1n) is 8.72. The highest BCUT2D eigenvalue weighted by Crippen LogP contribution is 2.11. The van der Waals surface area contributed by atoms with E-state index in [2.05, 4.69) is 33.5 Å². The number of benzene rings is 1. The van der Waals surface area contributed by atoms with Crippen LogP contribution in [0.25, 0.3) is 0 Å². The number of nitrogens with one attached hydrogen (secondary N) is 2. The van der Waals surface area contributed by atoms with Gasteiger partial charge in [0.25, 0.3) is 5.91 Å². The fraction of sp³-hybridized carbons (Fsp3) is 0.611. The summed E-state index contributed by atoms with van der Waals surface area (Å²) in [6, 6.07) is 8.50. The average molecular weight is 316 g/mol. The van der Waals surface area contributed by atoms with E-state index in [0.717, 1.165) is 57.8 Å². The molecule has 1 amide bonds. The lowest BCUT2D eigenvalue weighted by Crippen LogP contribution is -2.43. The smallest absolute Gasteiger partial charge is 0.251 e. The third kappa shape index (κ3) is 4.77. The molecule has 3 rings (SSSR count). The Bertz CT molecular complexity index is 520. The minimum atomic E-state index is 0.0407. The molecule has 2 fully saturated rings. The number of nitrogens with zero attached hydrogens (tertiary/aromatic N) is 2. The van der Waals surface area contributed by atoms with E-state index >= 15 is 0 Å². The molecule has 126 valence electrons. The molecule has 23 heavy (non-hydrogen) atoms. The molecule has 1 aromatic rings. The van der Waals surface area contributed by atoms with Gasteiger partial charge in [0.15, 0.2) is 0 Å². The fourth-order valence-electron chi connectivity index (χ4n) is 3.32. The third-order valence-corrected chi connectivity index (χ3v) is 4.86. The van der Waals surface area contributed by atoms with Crippen molar-refractivity contribution in [3.8, 4) is 0 Å². The zero-order chi connectivity index (χ0) is 16.1. The number of amides is 1. The third-order valence-electron chi connectivity index (χ3n) is 4.86. The van der Waals surface area contributed by atoms with Crippen LogP contribution in [0.4, 0.5) is 0 Å². The van der Waals surface area contributed by atoms with Crippen molar-refractivity contribution in [2.45, 2.75) is 25.4 Å². The molecule has 2 N–H and O–H groups in total. The number of carbonyl (C=O) groups excluding carboxylic acids is 1. The lowest BCUT2D eigenvalue weighted by Gasteiger charge is -2.32. The lowest BCUT2D eigenvalue weighted by molar-refractivity contribution is 0.0950. The number of piperazine rings is 1. The van der Waals surface area contributed by atoms with Crippen LogP contribution in [-0.2, 0) is 6.54 Å². The number of carbonyl (C=O) groups is 1. The van der Waals surface area contributed by atoms with Crippen LogP contribution in [0, 0.1) is 0 Å². The monoisotopic (exact) mass is 316 g/mol. The maximum absolute atomic E-state index is 12.3. The molecule has 2 heterocycles. The van der Waals surface area contributed by atoms with Gasteiger partial charge in [-0.25, -0.2) is 0 Å². The summed E-state index contributed by atoms with van der Waals surface area (Å²) >= 11 is 0. The Kier molecular flexibility index (Phi) is 5.65. The summed E-state index contributed by atoms with van der Waals surface area (Å²) in [7, 11) is 2.17. The van der Waals surface area contributed by atoms with Crippen molar-refractivity contribution in [1.82, 2.24) is 20.4 Å². The van der Waals surface area contributed by atoms with Gasteiger partial charge in [0.2, 0.25) is 0 Å². The van der Waals surface area contributed by atoms with Crippen molar-refractivity contribution in [2.24, 2.45) is 0 Å². The summed E-state index contributed by atoms with van der Waals surface area (Å²) in [5, 5.41) is 6.46. The van der Waals surface area contributed by atoms with Crippen LogP contribution in [0.3, 0.4) is 0 Å². The van der Waals surface area contributed by atoms with Gasteiger partial charge in [0.05, 0.1) is 0 Å². The van der Waals surface area contributed by atoms with Crippen molar-refractivity contribution < 1.29 is 4.79 Å². The van der Waals surface area contributed by atoms with Crippen LogP contribution in [0.15, 0.2) is 24.3 Å². The second kappa shape index (κ2) is 7.90. The van der Waals surface area contributed by atoms with Crippen molar-refractivity contribution in [1.29, 1.82) is 0 Å². The van der Waals surface area contributed by atoms with Crippen LogP contribution < -0.4 is 10.6 Å². The number of hydrogen-bond donors (Lipinski definition) is 2. The van der Waals surface area contributed by atoms with Gasteiger partial charge in [-0.15, -0.1) is 0 Å². The number of hydrogen-bond acceptors (Lipinski definition) is 4. The van der Waals surface area contributed by atoms with Gasteiger partial charge >= 0.3 is 0 Å². The molecule has 0 aromatic heterocycles. The minimum absolute atomic E-state index is 0.0407. The molecule has 0 aliphatic carbocycles. The Hall–Kier alpha value is -1.43. The van der Waals surface area contributed by atoms with E-state index in [0.29, 0.717) is 6.04 Å². The SMILES string of the molecule is CN1CCN(Cc2cccc(C(=O)NCC3CCCN3)c2)CC1. The van der Waals surface area contributed by atoms with Crippen molar-refractivity contribution in [3.63, 3.8) is 0 Å². The largest absolute Gasteiger partial charge is 0.350 e. The predicted octanol–water partition coefficient (Wildman–Crippen LogP) is 0.916. The van der Waals surface area contributed by atoms with Crippen molar-refractivity contribution in [3.05, 3.63) is 35.4 Å². The van der Waals surface area contributed by atoms with Gasteiger partial charge in [0, 0.05) is 50.9 Å². The fourth-order valence-corrected chi connectivity index (χ4v) is 3.32. The Balaban J connectivity index is 1.52. The molecule has 2 saturated heterocycles. The molecule has 1 aromatic carbocycles. The van der Waals surface area contributed by atoms with Gasteiger partial charge < -0.3 is 15.5 Å². The Labute approximate surface area is 139 Å². The Morgan fingerprint density at radius 3 is 2.87 bits per heavy atom. The van der Waals surface area contributed by atoms with Gasteiger partial charge in [0.1, 0.15) is 0 Å². The van der Waals surface area contributed by atoms with E-state index in [-0.39, 0.29) is 5.91 Å². The van der Waals surface area contributed by atoms with Crippen molar-refractivity contribution >= 4 is 5.91 Å². The van der Waals surface area contributed by atoms with Crippen LogP contribution in [0.2, 0.25) is 0 Å². The van der Waals surface area contributed by atoms with Gasteiger partial charge in [-0.3, -0.25) is 9.69 Å². The molecular formula is C18H28N4O. The van der Waals surface area contributed by atoms with Gasteiger partial charge in [-0.2, -0.15) is 0 Å². The quantitative estimate of drug-likeness (QED) is 0.848. The second-order valence-electron chi connectivity index (χ2n) is 6.78. The zero-order valence-electron chi connectivity index (χ0n) is 14.1. The topological polar surface area (TPSA) is 47.6 Å². The Morgan fingerprint density at radius 1 is 1.30 bits per heavy atom. The van der Waals surface area contributed by atoms with Crippen LogP contribution >= 0.6 is 0 Å². The first-order chi connectivity index (χ1) is 11.2. The molecular weight excluding hydrogens is 288 g/mol. The summed E-state index contributed by atoms with van der Waals surface area (Å²) in [5.41, 5.74) is 2.00. The summed E-state index contributed by atoms with van der Waals surface area (Å²) in [4.78, 5) is 17.1. The highest BCUT2D eigenvalue weighted by Gasteiger charge is 2.16. The van der Waals surface area contributed by atoms with E-state index in [4.69, 9.17) is 0 Å².